The molecule has 0 bridgehead atoms. The number of rotatable bonds is 6. The van der Waals surface area contributed by atoms with Crippen molar-refractivity contribution in [2.75, 3.05) is 0 Å². The second-order valence-electron chi connectivity index (χ2n) is 4.38. The maximum atomic E-state index is 11.8. The molecule has 19 heavy (non-hydrogen) atoms. The number of hydrogen-bond acceptors (Lipinski definition) is 3. The minimum Gasteiger partial charge on any atom is -0.481 e. The van der Waals surface area contributed by atoms with Crippen LogP contribution in [0.3, 0.4) is 0 Å². The summed E-state index contributed by atoms with van der Waals surface area (Å²) in [5.41, 5.74) is 1.10. The topological polar surface area (TPSA) is 75.6 Å². The summed E-state index contributed by atoms with van der Waals surface area (Å²) < 4.78 is 5.45. The highest BCUT2D eigenvalue weighted by Crippen LogP contribution is 2.13. The third-order valence-electron chi connectivity index (χ3n) is 2.73. The maximum Gasteiger partial charge on any atom is 0.326 e. The van der Waals surface area contributed by atoms with Crippen molar-refractivity contribution in [3.8, 4) is 5.75 Å². The second kappa shape index (κ2) is 6.78. The van der Waals surface area contributed by atoms with Crippen molar-refractivity contribution in [2.24, 2.45) is 0 Å². The molecule has 1 amide bonds. The second-order valence-corrected chi connectivity index (χ2v) is 4.38. The van der Waals surface area contributed by atoms with E-state index in [9.17, 15) is 9.59 Å². The van der Waals surface area contributed by atoms with Crippen LogP contribution in [-0.2, 0) is 9.59 Å². The summed E-state index contributed by atoms with van der Waals surface area (Å²) in [5.74, 6) is -0.898. The molecule has 0 spiro atoms. The Bertz CT molecular complexity index is 441. The number of aryl methyl sites for hydroxylation is 1. The van der Waals surface area contributed by atoms with Crippen molar-refractivity contribution in [1.82, 2.24) is 5.32 Å². The van der Waals surface area contributed by atoms with Crippen LogP contribution in [0.2, 0.25) is 0 Å². The summed E-state index contributed by atoms with van der Waals surface area (Å²) in [7, 11) is 0. The van der Waals surface area contributed by atoms with E-state index in [1.165, 1.54) is 0 Å². The lowest BCUT2D eigenvalue weighted by Gasteiger charge is -2.18. The number of aliphatic carboxylic acids is 1. The lowest BCUT2D eigenvalue weighted by molar-refractivity contribution is -0.143. The van der Waals surface area contributed by atoms with Crippen molar-refractivity contribution < 1.29 is 19.4 Å². The van der Waals surface area contributed by atoms with E-state index < -0.39 is 24.0 Å². The Morgan fingerprint density at radius 2 is 1.89 bits per heavy atom. The highest BCUT2D eigenvalue weighted by Gasteiger charge is 2.22. The number of nitrogens with one attached hydrogen (secondary N) is 1. The van der Waals surface area contributed by atoms with Gasteiger partial charge in [-0.25, -0.2) is 4.79 Å². The number of carbonyl (C=O) groups is 2. The highest BCUT2D eigenvalue weighted by atomic mass is 16.5. The van der Waals surface area contributed by atoms with Crippen molar-refractivity contribution in [2.45, 2.75) is 39.3 Å². The molecule has 0 radical (unpaired) electrons. The van der Waals surface area contributed by atoms with E-state index >= 15 is 0 Å². The van der Waals surface area contributed by atoms with E-state index in [4.69, 9.17) is 9.84 Å². The molecule has 2 atom stereocenters. The Hall–Kier alpha value is -2.04. The molecule has 1 rings (SSSR count). The molecule has 0 aromatic heterocycles. The quantitative estimate of drug-likeness (QED) is 0.821. The first-order valence-corrected chi connectivity index (χ1v) is 6.20. The minimum absolute atomic E-state index is 0.332. The Morgan fingerprint density at radius 3 is 2.37 bits per heavy atom. The van der Waals surface area contributed by atoms with Crippen LogP contribution in [0.15, 0.2) is 24.3 Å². The molecule has 1 aromatic carbocycles. The molecular weight excluding hydrogens is 246 g/mol. The molecule has 104 valence electrons. The van der Waals surface area contributed by atoms with Gasteiger partial charge in [0.15, 0.2) is 6.10 Å². The molecule has 0 saturated carbocycles. The number of ether oxygens (including phenoxy) is 1. The van der Waals surface area contributed by atoms with Crippen LogP contribution < -0.4 is 10.1 Å². The van der Waals surface area contributed by atoms with E-state index in [0.29, 0.717) is 12.2 Å². The third kappa shape index (κ3) is 4.62. The third-order valence-corrected chi connectivity index (χ3v) is 2.73. The van der Waals surface area contributed by atoms with Gasteiger partial charge >= 0.3 is 5.97 Å². The van der Waals surface area contributed by atoms with Gasteiger partial charge in [0, 0.05) is 0 Å². The zero-order valence-electron chi connectivity index (χ0n) is 11.3. The molecule has 0 heterocycles. The largest absolute Gasteiger partial charge is 0.481 e. The Balaban J connectivity index is 2.57. The molecule has 5 nitrogen and oxygen atoms in total. The number of hydrogen-bond donors (Lipinski definition) is 2. The van der Waals surface area contributed by atoms with Crippen LogP contribution in [0.1, 0.15) is 25.8 Å². The van der Waals surface area contributed by atoms with Crippen LogP contribution in [0, 0.1) is 6.92 Å². The highest BCUT2D eigenvalue weighted by molar-refractivity contribution is 5.86. The molecular formula is C14H19NO4. The van der Waals surface area contributed by atoms with Gasteiger partial charge in [-0.2, -0.15) is 0 Å². The number of carboxylic acid groups (broad SMARTS) is 1. The predicted molar refractivity (Wildman–Crippen MR) is 71.1 cm³/mol. The number of amides is 1. The molecule has 0 saturated heterocycles. The Morgan fingerprint density at radius 1 is 1.32 bits per heavy atom. The van der Waals surface area contributed by atoms with E-state index in [1.54, 1.807) is 26.0 Å². The van der Waals surface area contributed by atoms with Gasteiger partial charge in [-0.15, -0.1) is 0 Å². The fourth-order valence-electron chi connectivity index (χ4n) is 1.50. The van der Waals surface area contributed by atoms with Crippen molar-refractivity contribution in [1.29, 1.82) is 0 Å². The van der Waals surface area contributed by atoms with Gasteiger partial charge in [0.25, 0.3) is 5.91 Å². The lowest BCUT2D eigenvalue weighted by atomic mass is 10.2. The maximum absolute atomic E-state index is 11.8. The summed E-state index contributed by atoms with van der Waals surface area (Å²) in [5, 5.41) is 11.3. The van der Waals surface area contributed by atoms with Crippen LogP contribution in [0.4, 0.5) is 0 Å². The Kier molecular flexibility index (Phi) is 5.36. The van der Waals surface area contributed by atoms with Crippen molar-refractivity contribution in [3.05, 3.63) is 29.8 Å². The van der Waals surface area contributed by atoms with Gasteiger partial charge < -0.3 is 15.2 Å². The van der Waals surface area contributed by atoms with Crippen LogP contribution in [0.5, 0.6) is 5.75 Å². The van der Waals surface area contributed by atoms with E-state index in [-0.39, 0.29) is 0 Å². The molecule has 1 unspecified atom stereocenters. The number of carboxylic acids is 1. The molecule has 1 aromatic rings. The summed E-state index contributed by atoms with van der Waals surface area (Å²) in [6, 6.07) is 6.43. The van der Waals surface area contributed by atoms with Crippen LogP contribution in [0.25, 0.3) is 0 Å². The molecule has 5 heteroatoms. The summed E-state index contributed by atoms with van der Waals surface area (Å²) >= 11 is 0. The predicted octanol–water partition coefficient (Wildman–Crippen LogP) is 1.74. The van der Waals surface area contributed by atoms with Crippen LogP contribution >= 0.6 is 0 Å². The summed E-state index contributed by atoms with van der Waals surface area (Å²) in [6.45, 7) is 5.24. The van der Waals surface area contributed by atoms with E-state index in [1.807, 2.05) is 19.1 Å². The molecule has 0 aliphatic carbocycles. The average Bonchev–Trinajstić information content (AvgIpc) is 2.37. The first-order chi connectivity index (χ1) is 8.93. The number of carbonyl (C=O) groups excluding carboxylic acids is 1. The van der Waals surface area contributed by atoms with Gasteiger partial charge in [0.1, 0.15) is 11.8 Å². The van der Waals surface area contributed by atoms with Gasteiger partial charge in [-0.05, 0) is 32.4 Å². The SMILES string of the molecule is CC[C@@H](NC(=O)C(C)Oc1ccc(C)cc1)C(=O)O. The van der Waals surface area contributed by atoms with E-state index in [2.05, 4.69) is 5.32 Å². The normalized spacial score (nSPS) is 13.4. The molecule has 0 aliphatic rings. The first-order valence-electron chi connectivity index (χ1n) is 6.20. The molecule has 0 aliphatic heterocycles. The van der Waals surface area contributed by atoms with Gasteiger partial charge in [0.05, 0.1) is 0 Å². The average molecular weight is 265 g/mol. The monoisotopic (exact) mass is 265 g/mol. The summed E-state index contributed by atoms with van der Waals surface area (Å²) in [4.78, 5) is 22.6. The van der Waals surface area contributed by atoms with Gasteiger partial charge in [-0.3, -0.25) is 4.79 Å². The van der Waals surface area contributed by atoms with Crippen LogP contribution in [-0.4, -0.2) is 29.1 Å². The van der Waals surface area contributed by atoms with Crippen molar-refractivity contribution in [3.63, 3.8) is 0 Å². The van der Waals surface area contributed by atoms with Gasteiger partial charge in [-0.1, -0.05) is 24.6 Å². The molecule has 2 N–H and O–H groups in total. The van der Waals surface area contributed by atoms with Crippen molar-refractivity contribution >= 4 is 11.9 Å². The van der Waals surface area contributed by atoms with E-state index in [0.717, 1.165) is 5.56 Å². The Labute approximate surface area is 112 Å². The minimum atomic E-state index is -1.04. The fourth-order valence-corrected chi connectivity index (χ4v) is 1.50. The standard InChI is InChI=1S/C14H19NO4/c1-4-12(14(17)18)15-13(16)10(3)19-11-7-5-9(2)6-8-11/h5-8,10,12H,4H2,1-3H3,(H,15,16)(H,17,18)/t10?,12-/m1/s1. The zero-order chi connectivity index (χ0) is 14.4. The number of benzene rings is 1. The first kappa shape index (κ1) is 15.0. The zero-order valence-corrected chi connectivity index (χ0v) is 11.3. The fraction of sp³-hybridized carbons (Fsp3) is 0.429. The van der Waals surface area contributed by atoms with Gasteiger partial charge in [0.2, 0.25) is 0 Å². The molecule has 0 fully saturated rings. The lowest BCUT2D eigenvalue weighted by Crippen LogP contribution is -2.45. The summed E-state index contributed by atoms with van der Waals surface area (Å²) in [6.07, 6.45) is -0.408. The smallest absolute Gasteiger partial charge is 0.326 e.